The van der Waals surface area contributed by atoms with Crippen molar-refractivity contribution >= 4 is 5.82 Å². The Morgan fingerprint density at radius 1 is 1.14 bits per heavy atom. The molecule has 4 rings (SSSR count). The lowest BCUT2D eigenvalue weighted by molar-refractivity contribution is 0.868. The molecule has 2 aromatic rings. The van der Waals surface area contributed by atoms with Crippen LogP contribution in [0.25, 0.3) is 11.3 Å². The normalized spacial score (nSPS) is 16.2. The Balaban J connectivity index is 1.89. The molecule has 0 radical (unpaired) electrons. The molecule has 1 aromatic carbocycles. The molecule has 1 saturated heterocycles. The third-order valence-electron chi connectivity index (χ3n) is 4.64. The average Bonchev–Trinajstić information content (AvgIpc) is 3.13. The summed E-state index contributed by atoms with van der Waals surface area (Å²) >= 11 is 0. The third-order valence-corrected chi connectivity index (χ3v) is 4.64. The van der Waals surface area contributed by atoms with Crippen molar-refractivity contribution in [3.8, 4) is 11.3 Å². The van der Waals surface area contributed by atoms with E-state index in [-0.39, 0.29) is 0 Å². The summed E-state index contributed by atoms with van der Waals surface area (Å²) in [5.74, 6) is 2.17. The van der Waals surface area contributed by atoms with Gasteiger partial charge in [0.05, 0.1) is 5.69 Å². The van der Waals surface area contributed by atoms with E-state index in [4.69, 9.17) is 9.97 Å². The van der Waals surface area contributed by atoms with E-state index in [0.717, 1.165) is 31.8 Å². The van der Waals surface area contributed by atoms with Crippen LogP contribution < -0.4 is 4.90 Å². The molecular formula is C18H21N3. The summed E-state index contributed by atoms with van der Waals surface area (Å²) in [6, 6.07) is 6.73. The summed E-state index contributed by atoms with van der Waals surface area (Å²) in [4.78, 5) is 12.2. The number of aromatic nitrogens is 2. The van der Waals surface area contributed by atoms with Gasteiger partial charge in [-0.3, -0.25) is 0 Å². The second-order valence-corrected chi connectivity index (χ2v) is 6.18. The first-order valence-electron chi connectivity index (χ1n) is 8.01. The number of hydrogen-bond acceptors (Lipinski definition) is 3. The van der Waals surface area contributed by atoms with Gasteiger partial charge in [-0.1, -0.05) is 30.7 Å². The molecule has 0 N–H and O–H groups in total. The van der Waals surface area contributed by atoms with E-state index >= 15 is 0 Å². The summed E-state index contributed by atoms with van der Waals surface area (Å²) < 4.78 is 0. The first kappa shape index (κ1) is 12.8. The minimum absolute atomic E-state index is 0.898. The van der Waals surface area contributed by atoms with Crippen LogP contribution in [0.3, 0.4) is 0 Å². The van der Waals surface area contributed by atoms with Crippen LogP contribution in [0, 0.1) is 6.92 Å². The molecule has 0 bridgehead atoms. The minimum atomic E-state index is 0.898. The average molecular weight is 279 g/mol. The number of rotatable bonds is 2. The van der Waals surface area contributed by atoms with Gasteiger partial charge >= 0.3 is 0 Å². The number of anilines is 1. The van der Waals surface area contributed by atoms with Gasteiger partial charge in [0.1, 0.15) is 11.6 Å². The molecule has 3 heteroatoms. The molecule has 1 aliphatic heterocycles. The van der Waals surface area contributed by atoms with Crippen LogP contribution in [0.4, 0.5) is 5.82 Å². The SMILES string of the molecule is CCc1nc2c(c(N3CCCC3)n1)Cc1cc(C)ccc1-2. The lowest BCUT2D eigenvalue weighted by Gasteiger charge is -2.20. The Morgan fingerprint density at radius 2 is 1.95 bits per heavy atom. The summed E-state index contributed by atoms with van der Waals surface area (Å²) in [5.41, 5.74) is 6.57. The summed E-state index contributed by atoms with van der Waals surface area (Å²) in [6.45, 7) is 6.58. The number of fused-ring (bicyclic) bond motifs is 3. The Labute approximate surface area is 126 Å². The highest BCUT2D eigenvalue weighted by Gasteiger charge is 2.28. The fraction of sp³-hybridized carbons (Fsp3) is 0.444. The maximum absolute atomic E-state index is 4.87. The van der Waals surface area contributed by atoms with Crippen molar-refractivity contribution < 1.29 is 0 Å². The quantitative estimate of drug-likeness (QED) is 0.718. The number of aryl methyl sites for hydroxylation is 2. The number of benzene rings is 1. The van der Waals surface area contributed by atoms with Crippen LogP contribution >= 0.6 is 0 Å². The van der Waals surface area contributed by atoms with E-state index < -0.39 is 0 Å². The van der Waals surface area contributed by atoms with E-state index in [1.54, 1.807) is 0 Å². The first-order valence-corrected chi connectivity index (χ1v) is 8.01. The zero-order valence-corrected chi connectivity index (χ0v) is 12.8. The molecule has 1 aliphatic carbocycles. The predicted octanol–water partition coefficient (Wildman–Crippen LogP) is 3.52. The highest BCUT2D eigenvalue weighted by molar-refractivity contribution is 5.78. The van der Waals surface area contributed by atoms with Gasteiger partial charge in [0.25, 0.3) is 0 Å². The van der Waals surface area contributed by atoms with Gasteiger partial charge in [0, 0.05) is 37.1 Å². The standard InChI is InChI=1S/C18H21N3/c1-3-16-19-17-14-7-6-12(2)10-13(14)11-15(17)18(20-16)21-8-4-5-9-21/h6-7,10H,3-5,8-9,11H2,1-2H3. The van der Waals surface area contributed by atoms with Crippen LogP contribution in [0.2, 0.25) is 0 Å². The zero-order chi connectivity index (χ0) is 14.4. The van der Waals surface area contributed by atoms with Crippen molar-refractivity contribution in [2.45, 2.75) is 39.5 Å². The van der Waals surface area contributed by atoms with E-state index in [1.165, 1.54) is 46.6 Å². The van der Waals surface area contributed by atoms with Gasteiger partial charge < -0.3 is 4.90 Å². The Morgan fingerprint density at radius 3 is 2.71 bits per heavy atom. The maximum Gasteiger partial charge on any atom is 0.136 e. The molecule has 0 amide bonds. The third kappa shape index (κ3) is 2.03. The van der Waals surface area contributed by atoms with Crippen molar-refractivity contribution in [1.29, 1.82) is 0 Å². The molecule has 0 saturated carbocycles. The molecule has 3 nitrogen and oxygen atoms in total. The van der Waals surface area contributed by atoms with E-state index in [0.29, 0.717) is 0 Å². The van der Waals surface area contributed by atoms with Gasteiger partial charge in [0.15, 0.2) is 0 Å². The minimum Gasteiger partial charge on any atom is -0.356 e. The van der Waals surface area contributed by atoms with E-state index in [2.05, 4.69) is 36.9 Å². The lowest BCUT2D eigenvalue weighted by Crippen LogP contribution is -2.21. The van der Waals surface area contributed by atoms with Crippen LogP contribution in [0.15, 0.2) is 18.2 Å². The van der Waals surface area contributed by atoms with Gasteiger partial charge in [-0.05, 0) is 25.3 Å². The van der Waals surface area contributed by atoms with Gasteiger partial charge in [-0.25, -0.2) is 9.97 Å². The summed E-state index contributed by atoms with van der Waals surface area (Å²) in [7, 11) is 0. The van der Waals surface area contributed by atoms with Gasteiger partial charge in [-0.15, -0.1) is 0 Å². The Bertz CT molecular complexity index is 700. The molecule has 0 atom stereocenters. The van der Waals surface area contributed by atoms with Crippen molar-refractivity contribution in [3.63, 3.8) is 0 Å². The summed E-state index contributed by atoms with van der Waals surface area (Å²) in [6.07, 6.45) is 4.45. The lowest BCUT2D eigenvalue weighted by atomic mass is 10.1. The van der Waals surface area contributed by atoms with Crippen LogP contribution in [0.5, 0.6) is 0 Å². The van der Waals surface area contributed by atoms with E-state index in [1.807, 2.05) is 0 Å². The highest BCUT2D eigenvalue weighted by atomic mass is 15.2. The molecule has 2 aliphatic rings. The van der Waals surface area contributed by atoms with Gasteiger partial charge in [-0.2, -0.15) is 0 Å². The first-order chi connectivity index (χ1) is 10.3. The second-order valence-electron chi connectivity index (χ2n) is 6.18. The van der Waals surface area contributed by atoms with Crippen LogP contribution in [0.1, 0.15) is 42.3 Å². The Hall–Kier alpha value is -1.90. The molecule has 108 valence electrons. The fourth-order valence-electron chi connectivity index (χ4n) is 3.54. The Kier molecular flexibility index (Phi) is 2.95. The smallest absolute Gasteiger partial charge is 0.136 e. The molecular weight excluding hydrogens is 258 g/mol. The maximum atomic E-state index is 4.87. The topological polar surface area (TPSA) is 29.0 Å². The fourth-order valence-corrected chi connectivity index (χ4v) is 3.54. The zero-order valence-electron chi connectivity index (χ0n) is 12.8. The molecule has 0 spiro atoms. The van der Waals surface area contributed by atoms with Crippen LogP contribution in [-0.2, 0) is 12.8 Å². The van der Waals surface area contributed by atoms with Gasteiger partial charge in [0.2, 0.25) is 0 Å². The van der Waals surface area contributed by atoms with Crippen LogP contribution in [-0.4, -0.2) is 23.1 Å². The van der Waals surface area contributed by atoms with Crippen molar-refractivity contribution in [1.82, 2.24) is 9.97 Å². The molecule has 1 aromatic heterocycles. The molecule has 1 fully saturated rings. The second kappa shape index (κ2) is 4.83. The highest BCUT2D eigenvalue weighted by Crippen LogP contribution is 2.40. The summed E-state index contributed by atoms with van der Waals surface area (Å²) in [5, 5.41) is 0. The molecule has 2 heterocycles. The molecule has 0 unspecified atom stereocenters. The number of nitrogens with zero attached hydrogens (tertiary/aromatic N) is 3. The van der Waals surface area contributed by atoms with Crippen molar-refractivity contribution in [2.75, 3.05) is 18.0 Å². The van der Waals surface area contributed by atoms with Crippen molar-refractivity contribution in [3.05, 3.63) is 40.7 Å². The van der Waals surface area contributed by atoms with E-state index in [9.17, 15) is 0 Å². The predicted molar refractivity (Wildman–Crippen MR) is 85.8 cm³/mol. The molecule has 21 heavy (non-hydrogen) atoms. The monoisotopic (exact) mass is 279 g/mol. The number of hydrogen-bond donors (Lipinski definition) is 0. The largest absolute Gasteiger partial charge is 0.356 e. The van der Waals surface area contributed by atoms with Crippen molar-refractivity contribution in [2.24, 2.45) is 0 Å².